The summed E-state index contributed by atoms with van der Waals surface area (Å²) in [4.78, 5) is 10.2. The standard InChI is InChI=1S/C45H31N3/c1-3-12-30(13-4-1)34-16-11-17-36(28-34)45-47-43(32-14-5-2-6-15-32)46-44(48-45)33-24-22-31(23-25-33)35-26-27-41-39-20-8-7-18-37(39)38-19-9-10-21-40(38)42(41)29-35/h1-29,43H,(H,46,47,48). The van der Waals surface area contributed by atoms with Crippen molar-refractivity contribution >= 4 is 44.0 Å². The van der Waals surface area contributed by atoms with Gasteiger partial charge in [0, 0.05) is 11.1 Å². The van der Waals surface area contributed by atoms with E-state index in [1.807, 2.05) is 12.1 Å². The number of aliphatic imine (C=N–C) groups is 2. The van der Waals surface area contributed by atoms with Crippen LogP contribution in [0.5, 0.6) is 0 Å². The zero-order valence-electron chi connectivity index (χ0n) is 26.2. The Bertz CT molecular complexity index is 2480. The molecule has 9 rings (SSSR count). The highest BCUT2D eigenvalue weighted by molar-refractivity contribution is 6.25. The van der Waals surface area contributed by atoms with E-state index in [0.717, 1.165) is 28.1 Å². The van der Waals surface area contributed by atoms with Crippen LogP contribution in [0.2, 0.25) is 0 Å². The first kappa shape index (κ1) is 27.9. The third kappa shape index (κ3) is 5.03. The predicted molar refractivity (Wildman–Crippen MR) is 202 cm³/mol. The van der Waals surface area contributed by atoms with Crippen LogP contribution in [0, 0.1) is 0 Å². The third-order valence-corrected chi connectivity index (χ3v) is 9.32. The van der Waals surface area contributed by atoms with Gasteiger partial charge in [0.05, 0.1) is 0 Å². The summed E-state index contributed by atoms with van der Waals surface area (Å²) in [5.41, 5.74) is 7.76. The number of fused-ring (bicyclic) bond motifs is 6. The monoisotopic (exact) mass is 613 g/mol. The van der Waals surface area contributed by atoms with Gasteiger partial charge in [-0.15, -0.1) is 0 Å². The normalized spacial score (nSPS) is 14.5. The fourth-order valence-corrected chi connectivity index (χ4v) is 6.91. The van der Waals surface area contributed by atoms with Gasteiger partial charge in [0.25, 0.3) is 0 Å². The lowest BCUT2D eigenvalue weighted by molar-refractivity contribution is 0.674. The molecule has 48 heavy (non-hydrogen) atoms. The first-order chi connectivity index (χ1) is 23.8. The van der Waals surface area contributed by atoms with Gasteiger partial charge in [-0.05, 0) is 72.3 Å². The number of hydrogen-bond donors (Lipinski definition) is 1. The Balaban J connectivity index is 1.10. The second-order valence-corrected chi connectivity index (χ2v) is 12.2. The molecule has 0 aliphatic carbocycles. The van der Waals surface area contributed by atoms with Crippen LogP contribution in [0.15, 0.2) is 186 Å². The number of hydrogen-bond acceptors (Lipinski definition) is 3. The number of nitrogens with one attached hydrogen (secondary N) is 1. The quantitative estimate of drug-likeness (QED) is 0.193. The van der Waals surface area contributed by atoms with Gasteiger partial charge in [0.2, 0.25) is 0 Å². The van der Waals surface area contributed by atoms with E-state index in [4.69, 9.17) is 9.98 Å². The number of benzene rings is 8. The molecular weight excluding hydrogens is 583 g/mol. The number of amidine groups is 2. The van der Waals surface area contributed by atoms with E-state index in [1.165, 1.54) is 49.0 Å². The van der Waals surface area contributed by atoms with Gasteiger partial charge >= 0.3 is 0 Å². The lowest BCUT2D eigenvalue weighted by Gasteiger charge is -2.24. The zero-order chi connectivity index (χ0) is 31.9. The summed E-state index contributed by atoms with van der Waals surface area (Å²) < 4.78 is 0. The minimum atomic E-state index is -0.252. The van der Waals surface area contributed by atoms with Crippen LogP contribution in [-0.2, 0) is 0 Å². The van der Waals surface area contributed by atoms with E-state index >= 15 is 0 Å². The maximum absolute atomic E-state index is 5.09. The van der Waals surface area contributed by atoms with Crippen LogP contribution in [0.3, 0.4) is 0 Å². The van der Waals surface area contributed by atoms with Crippen molar-refractivity contribution in [1.29, 1.82) is 0 Å². The summed E-state index contributed by atoms with van der Waals surface area (Å²) in [6, 6.07) is 62.3. The second-order valence-electron chi connectivity index (χ2n) is 12.2. The molecule has 0 radical (unpaired) electrons. The van der Waals surface area contributed by atoms with Gasteiger partial charge in [0.1, 0.15) is 12.0 Å². The highest BCUT2D eigenvalue weighted by Gasteiger charge is 2.21. The van der Waals surface area contributed by atoms with Crippen LogP contribution in [-0.4, -0.2) is 11.7 Å². The first-order valence-electron chi connectivity index (χ1n) is 16.4. The summed E-state index contributed by atoms with van der Waals surface area (Å²) in [6.45, 7) is 0. The molecule has 3 heteroatoms. The van der Waals surface area contributed by atoms with Crippen molar-refractivity contribution in [3.05, 3.63) is 193 Å². The van der Waals surface area contributed by atoms with Crippen LogP contribution < -0.4 is 5.32 Å². The van der Waals surface area contributed by atoms with E-state index in [1.54, 1.807) is 0 Å². The molecule has 0 bridgehead atoms. The summed E-state index contributed by atoms with van der Waals surface area (Å²) in [6.07, 6.45) is -0.252. The van der Waals surface area contributed by atoms with Gasteiger partial charge in [0.15, 0.2) is 5.84 Å². The average molecular weight is 614 g/mol. The Hall–Kier alpha value is -6.32. The maximum Gasteiger partial charge on any atom is 0.159 e. The molecule has 1 aliphatic heterocycles. The minimum Gasteiger partial charge on any atom is -0.344 e. The molecule has 1 heterocycles. The number of rotatable bonds is 5. The molecule has 1 unspecified atom stereocenters. The molecule has 1 aliphatic rings. The molecule has 8 aromatic rings. The fourth-order valence-electron chi connectivity index (χ4n) is 6.91. The predicted octanol–water partition coefficient (Wildman–Crippen LogP) is 11.0. The van der Waals surface area contributed by atoms with Crippen molar-refractivity contribution in [2.75, 3.05) is 0 Å². The Labute approximate surface area is 279 Å². The highest BCUT2D eigenvalue weighted by Crippen LogP contribution is 2.37. The third-order valence-electron chi connectivity index (χ3n) is 9.32. The lowest BCUT2D eigenvalue weighted by Crippen LogP contribution is -2.33. The van der Waals surface area contributed by atoms with Gasteiger partial charge in [-0.25, -0.2) is 9.98 Å². The Morgan fingerprint density at radius 1 is 0.354 bits per heavy atom. The Morgan fingerprint density at radius 3 is 1.52 bits per heavy atom. The van der Waals surface area contributed by atoms with Gasteiger partial charge < -0.3 is 5.32 Å². The molecule has 8 aromatic carbocycles. The SMILES string of the molecule is c1ccc(-c2cccc(C3=NC(c4ccccc4)NC(c4ccc(-c5ccc6c7ccccc7c7ccccc7c6c5)cc4)=N3)c2)cc1. The summed E-state index contributed by atoms with van der Waals surface area (Å²) in [5.74, 6) is 1.52. The van der Waals surface area contributed by atoms with E-state index in [9.17, 15) is 0 Å². The number of nitrogens with zero attached hydrogens (tertiary/aromatic N) is 2. The van der Waals surface area contributed by atoms with E-state index in [2.05, 4.69) is 169 Å². The minimum absolute atomic E-state index is 0.252. The molecule has 0 saturated heterocycles. The summed E-state index contributed by atoms with van der Waals surface area (Å²) in [7, 11) is 0. The van der Waals surface area contributed by atoms with Crippen LogP contribution in [0.4, 0.5) is 0 Å². The summed E-state index contributed by atoms with van der Waals surface area (Å²) in [5, 5.41) is 11.3. The topological polar surface area (TPSA) is 36.8 Å². The summed E-state index contributed by atoms with van der Waals surface area (Å²) >= 11 is 0. The molecular formula is C45H31N3. The van der Waals surface area contributed by atoms with Crippen LogP contribution in [0.1, 0.15) is 22.9 Å². The average Bonchev–Trinajstić information content (AvgIpc) is 3.18. The fraction of sp³-hybridized carbons (Fsp3) is 0.0222. The van der Waals surface area contributed by atoms with E-state index in [-0.39, 0.29) is 6.17 Å². The maximum atomic E-state index is 5.09. The molecule has 3 nitrogen and oxygen atoms in total. The largest absolute Gasteiger partial charge is 0.344 e. The molecule has 0 saturated carbocycles. The molecule has 1 N–H and O–H groups in total. The molecule has 1 atom stereocenters. The van der Waals surface area contributed by atoms with Crippen molar-refractivity contribution in [1.82, 2.24) is 5.32 Å². The van der Waals surface area contributed by atoms with Crippen molar-refractivity contribution in [2.24, 2.45) is 9.98 Å². The van der Waals surface area contributed by atoms with Crippen molar-refractivity contribution < 1.29 is 0 Å². The second kappa shape index (κ2) is 11.8. The van der Waals surface area contributed by atoms with Crippen LogP contribution >= 0.6 is 0 Å². The van der Waals surface area contributed by atoms with Gasteiger partial charge in [-0.1, -0.05) is 164 Å². The van der Waals surface area contributed by atoms with Crippen LogP contribution in [0.25, 0.3) is 54.6 Å². The molecule has 0 aromatic heterocycles. The van der Waals surface area contributed by atoms with Gasteiger partial charge in [-0.3, -0.25) is 0 Å². The van der Waals surface area contributed by atoms with Crippen molar-refractivity contribution in [2.45, 2.75) is 6.17 Å². The smallest absolute Gasteiger partial charge is 0.159 e. The van der Waals surface area contributed by atoms with Crippen molar-refractivity contribution in [3.8, 4) is 22.3 Å². The van der Waals surface area contributed by atoms with E-state index in [0.29, 0.717) is 5.84 Å². The van der Waals surface area contributed by atoms with Crippen molar-refractivity contribution in [3.63, 3.8) is 0 Å². The Kier molecular flexibility index (Phi) is 6.87. The molecule has 0 amide bonds. The Morgan fingerprint density at radius 2 is 0.833 bits per heavy atom. The molecule has 226 valence electrons. The highest BCUT2D eigenvalue weighted by atomic mass is 15.2. The van der Waals surface area contributed by atoms with E-state index < -0.39 is 0 Å². The molecule has 0 fully saturated rings. The molecule has 0 spiro atoms. The zero-order valence-corrected chi connectivity index (χ0v) is 26.2. The lowest BCUT2D eigenvalue weighted by atomic mass is 9.92. The first-order valence-corrected chi connectivity index (χ1v) is 16.4. The van der Waals surface area contributed by atoms with Gasteiger partial charge in [-0.2, -0.15) is 0 Å².